The number of rotatable bonds is 0. The van der Waals surface area contributed by atoms with Gasteiger partial charge in [-0.05, 0) is 12.3 Å². The Morgan fingerprint density at radius 2 is 1.80 bits per heavy atom. The molecule has 0 saturated carbocycles. The number of nitrogens with zero attached hydrogens (tertiary/aromatic N) is 1. The van der Waals surface area contributed by atoms with E-state index in [2.05, 4.69) is 34.6 Å². The lowest BCUT2D eigenvalue weighted by Crippen LogP contribution is -1.92. The topological polar surface area (TPSA) is 12.4 Å². The van der Waals surface area contributed by atoms with Crippen LogP contribution in [-0.4, -0.2) is 9.79 Å². The Hall–Kier alpha value is -0.340. The Morgan fingerprint density at radius 3 is 2.20 bits per heavy atom. The van der Waals surface area contributed by atoms with Crippen molar-refractivity contribution in [2.24, 2.45) is 4.99 Å². The zero-order valence-corrected chi connectivity index (χ0v) is 7.06. The van der Waals surface area contributed by atoms with E-state index in [-0.39, 0.29) is 0 Å². The lowest BCUT2D eigenvalue weighted by Gasteiger charge is -1.96. The summed E-state index contributed by atoms with van der Waals surface area (Å²) in [6.07, 6.45) is 0. The van der Waals surface area contributed by atoms with Gasteiger partial charge in [-0.15, -0.1) is 0 Å². The minimum absolute atomic E-state index is 1.67. The molecule has 0 aliphatic rings. The second-order valence-corrected chi connectivity index (χ2v) is 3.34. The van der Waals surface area contributed by atoms with E-state index < -0.39 is 3.92 Å². The molecule has 4 heteroatoms. The summed E-state index contributed by atoms with van der Waals surface area (Å²) in [4.78, 5) is 3.30. The molecule has 52 valence electrons. The first kappa shape index (κ1) is 9.66. The van der Waals surface area contributed by atoms with Crippen LogP contribution in [0.3, 0.4) is 0 Å². The highest BCUT2D eigenvalue weighted by Crippen LogP contribution is 2.26. The van der Waals surface area contributed by atoms with Gasteiger partial charge in [0.05, 0.1) is 0 Å². The molecular formula is C6H2Cl3N. The number of hydrogen-bond donors (Lipinski definition) is 0. The number of hydrogen-bond acceptors (Lipinski definition) is 1. The van der Waals surface area contributed by atoms with Gasteiger partial charge in [0.2, 0.25) is 0 Å². The summed E-state index contributed by atoms with van der Waals surface area (Å²) in [7, 11) is 0. The van der Waals surface area contributed by atoms with Crippen LogP contribution in [0.15, 0.2) is 28.8 Å². The van der Waals surface area contributed by atoms with Crippen molar-refractivity contribution >= 4 is 40.7 Å². The zero-order valence-electron chi connectivity index (χ0n) is 4.79. The smallest absolute Gasteiger partial charge is 0.179 e. The van der Waals surface area contributed by atoms with Crippen LogP contribution >= 0.6 is 34.8 Å². The molecule has 0 fully saturated rings. The van der Waals surface area contributed by atoms with Crippen molar-refractivity contribution in [3.05, 3.63) is 23.8 Å². The van der Waals surface area contributed by atoms with Crippen molar-refractivity contribution in [1.29, 1.82) is 0 Å². The van der Waals surface area contributed by atoms with Crippen LogP contribution in [0.5, 0.6) is 0 Å². The van der Waals surface area contributed by atoms with Crippen molar-refractivity contribution in [2.75, 3.05) is 0 Å². The zero-order chi connectivity index (χ0) is 8.04. The summed E-state index contributed by atoms with van der Waals surface area (Å²) in [5.74, 6) is 2.19. The number of aliphatic imine (C=N–C) groups is 1. The summed E-state index contributed by atoms with van der Waals surface area (Å²) in [5.41, 5.74) is 6.92. The molecule has 0 rings (SSSR count). The maximum absolute atomic E-state index is 5.21. The highest BCUT2D eigenvalue weighted by atomic mass is 35.6. The van der Waals surface area contributed by atoms with Gasteiger partial charge in [-0.2, -0.15) is 4.99 Å². The molecule has 0 saturated heterocycles. The summed E-state index contributed by atoms with van der Waals surface area (Å²) >= 11 is 15.6. The van der Waals surface area contributed by atoms with E-state index >= 15 is 0 Å². The second kappa shape index (κ2) is 4.47. The molecule has 1 nitrogen and oxygen atoms in total. The third kappa shape index (κ3) is 7.66. The largest absolute Gasteiger partial charge is 0.293 e. The van der Waals surface area contributed by atoms with Crippen LogP contribution in [0.4, 0.5) is 0 Å². The first-order chi connectivity index (χ1) is 4.56. The Labute approximate surface area is 73.6 Å². The van der Waals surface area contributed by atoms with Crippen LogP contribution in [0.1, 0.15) is 0 Å². The van der Waals surface area contributed by atoms with Gasteiger partial charge in [0.15, 0.2) is 0 Å². The van der Waals surface area contributed by atoms with Gasteiger partial charge in [0.25, 0.3) is 3.92 Å². The fourth-order valence-corrected chi connectivity index (χ4v) is 0.290. The van der Waals surface area contributed by atoms with Crippen molar-refractivity contribution in [3.8, 4) is 0 Å². The minimum atomic E-state index is -1.67. The highest BCUT2D eigenvalue weighted by Gasteiger charge is 2.15. The van der Waals surface area contributed by atoms with E-state index in [0.29, 0.717) is 0 Å². The molecule has 0 aliphatic carbocycles. The van der Waals surface area contributed by atoms with E-state index in [9.17, 15) is 0 Å². The summed E-state index contributed by atoms with van der Waals surface area (Å²) < 4.78 is -1.67. The molecule has 0 unspecified atom stereocenters. The van der Waals surface area contributed by atoms with Crippen LogP contribution in [0.25, 0.3) is 0 Å². The normalized spacial score (nSPS) is 8.30. The maximum Gasteiger partial charge on any atom is 0.293 e. The van der Waals surface area contributed by atoms with Gasteiger partial charge in [-0.3, -0.25) is 0 Å². The van der Waals surface area contributed by atoms with E-state index in [1.165, 1.54) is 0 Å². The predicted molar refractivity (Wildman–Crippen MR) is 43.9 cm³/mol. The van der Waals surface area contributed by atoms with Gasteiger partial charge >= 0.3 is 0 Å². The Bertz CT molecular complexity index is 251. The van der Waals surface area contributed by atoms with E-state index in [4.69, 9.17) is 34.8 Å². The van der Waals surface area contributed by atoms with Crippen LogP contribution in [0, 0.1) is 0 Å². The van der Waals surface area contributed by atoms with Crippen molar-refractivity contribution in [1.82, 2.24) is 0 Å². The van der Waals surface area contributed by atoms with Crippen LogP contribution in [0.2, 0.25) is 0 Å². The van der Waals surface area contributed by atoms with Gasteiger partial charge in [0.1, 0.15) is 0 Å². The molecule has 10 heavy (non-hydrogen) atoms. The molecule has 0 heterocycles. The van der Waals surface area contributed by atoms with E-state index in [1.54, 1.807) is 0 Å². The van der Waals surface area contributed by atoms with E-state index in [0.717, 1.165) is 0 Å². The summed E-state index contributed by atoms with van der Waals surface area (Å²) in [5, 5.41) is 0. The lowest BCUT2D eigenvalue weighted by atomic mass is 10.8. The summed E-state index contributed by atoms with van der Waals surface area (Å²) in [6.45, 7) is 3.22. The van der Waals surface area contributed by atoms with Gasteiger partial charge < -0.3 is 0 Å². The monoisotopic (exact) mass is 193 g/mol. The molecule has 0 bridgehead atoms. The molecule has 0 atom stereocenters. The lowest BCUT2D eigenvalue weighted by molar-refractivity contribution is 1.18. The third-order valence-corrected chi connectivity index (χ3v) is 0.643. The molecule has 0 spiro atoms. The molecule has 0 amide bonds. The van der Waals surface area contributed by atoms with Gasteiger partial charge in [0, 0.05) is 11.6 Å². The molecule has 0 aliphatic heterocycles. The maximum atomic E-state index is 5.21. The molecule has 0 N–H and O–H groups in total. The quantitative estimate of drug-likeness (QED) is 0.243. The Morgan fingerprint density at radius 1 is 1.20 bits per heavy atom. The predicted octanol–water partition coefficient (Wildman–Crippen LogP) is 2.64. The molecule has 0 aromatic heterocycles. The fraction of sp³-hybridized carbons (Fsp3) is 0.167. The van der Waals surface area contributed by atoms with E-state index in [1.807, 2.05) is 0 Å². The van der Waals surface area contributed by atoms with Crippen LogP contribution < -0.4 is 0 Å². The molecule has 0 aromatic rings. The molecule has 0 radical (unpaired) electrons. The third-order valence-electron chi connectivity index (χ3n) is 0.389. The van der Waals surface area contributed by atoms with Gasteiger partial charge in [-0.25, -0.2) is 0 Å². The highest BCUT2D eigenvalue weighted by molar-refractivity contribution is 6.67. The minimum Gasteiger partial charge on any atom is -0.179 e. The second-order valence-electron chi connectivity index (χ2n) is 1.12. The fourth-order valence-electron chi connectivity index (χ4n) is 0.163. The molecular weight excluding hydrogens is 192 g/mol. The SMILES string of the molecule is C=C=C=C=C=NC(Cl)(Cl)Cl. The van der Waals surface area contributed by atoms with Gasteiger partial charge in [-0.1, -0.05) is 40.5 Å². The first-order valence-electron chi connectivity index (χ1n) is 2.12. The standard InChI is InChI=1S/C6H2Cl3N/c1-2-3-4-5-10-6(7,8)9/h1H2. The van der Waals surface area contributed by atoms with Crippen molar-refractivity contribution in [2.45, 2.75) is 3.92 Å². The van der Waals surface area contributed by atoms with Crippen LogP contribution in [-0.2, 0) is 0 Å². The summed E-state index contributed by atoms with van der Waals surface area (Å²) in [6, 6.07) is 0. The average Bonchev–Trinajstić information content (AvgIpc) is 1.78. The van der Waals surface area contributed by atoms with Crippen molar-refractivity contribution in [3.63, 3.8) is 0 Å². The average molecular weight is 194 g/mol. The first-order valence-corrected chi connectivity index (χ1v) is 3.25. The number of alkyl halides is 3. The molecule has 0 aromatic carbocycles. The Balaban J connectivity index is 4.57. The number of halogens is 3. The Kier molecular flexibility index (Phi) is 4.32. The van der Waals surface area contributed by atoms with Crippen molar-refractivity contribution < 1.29 is 0 Å².